The van der Waals surface area contributed by atoms with Gasteiger partial charge in [-0.2, -0.15) is 0 Å². The lowest BCUT2D eigenvalue weighted by Crippen LogP contribution is -2.42. The fourth-order valence-electron chi connectivity index (χ4n) is 1.86. The Kier molecular flexibility index (Phi) is 5.75. The summed E-state index contributed by atoms with van der Waals surface area (Å²) in [6.45, 7) is 6.39. The largest absolute Gasteiger partial charge is 0.389 e. The van der Waals surface area contributed by atoms with Gasteiger partial charge >= 0.3 is 0 Å². The zero-order valence-corrected chi connectivity index (χ0v) is 12.3. The lowest BCUT2D eigenvalue weighted by molar-refractivity contribution is 0.0314. The zero-order chi connectivity index (χ0) is 15.2. The van der Waals surface area contributed by atoms with E-state index in [4.69, 9.17) is 5.73 Å². The first-order valence-corrected chi connectivity index (χ1v) is 6.68. The van der Waals surface area contributed by atoms with Crippen molar-refractivity contribution in [1.29, 1.82) is 0 Å². The smallest absolute Gasteiger partial charge is 0.253 e. The predicted molar refractivity (Wildman–Crippen MR) is 80.2 cm³/mol. The molecule has 0 bridgehead atoms. The third kappa shape index (κ3) is 5.04. The molecule has 1 amide bonds. The number of nitrogens with zero attached hydrogens (tertiary/aromatic N) is 1. The average molecular weight is 274 g/mol. The van der Waals surface area contributed by atoms with E-state index in [0.29, 0.717) is 18.7 Å². The monoisotopic (exact) mass is 274 g/mol. The van der Waals surface area contributed by atoms with Crippen molar-refractivity contribution in [3.05, 3.63) is 35.4 Å². The second-order valence-electron chi connectivity index (χ2n) is 5.22. The van der Waals surface area contributed by atoms with E-state index in [0.717, 1.165) is 5.56 Å². The van der Waals surface area contributed by atoms with Crippen molar-refractivity contribution in [2.45, 2.75) is 26.4 Å². The van der Waals surface area contributed by atoms with Gasteiger partial charge in [-0.25, -0.2) is 0 Å². The van der Waals surface area contributed by atoms with Crippen LogP contribution in [0.4, 0.5) is 0 Å². The second kappa shape index (κ2) is 7.09. The van der Waals surface area contributed by atoms with Crippen LogP contribution >= 0.6 is 0 Å². The first kappa shape index (κ1) is 16.2. The van der Waals surface area contributed by atoms with Gasteiger partial charge < -0.3 is 15.7 Å². The molecule has 0 aliphatic carbocycles. The number of hydrogen-bond acceptors (Lipinski definition) is 3. The Morgan fingerprint density at radius 2 is 2.15 bits per heavy atom. The summed E-state index contributed by atoms with van der Waals surface area (Å²) in [5.74, 6) is 5.57. The number of carbonyl (C=O) groups excluding carboxylic acids is 1. The molecule has 0 spiro atoms. The molecule has 0 saturated carbocycles. The van der Waals surface area contributed by atoms with Crippen LogP contribution in [0.3, 0.4) is 0 Å². The molecule has 0 unspecified atom stereocenters. The maximum Gasteiger partial charge on any atom is 0.253 e. The number of rotatable bonds is 4. The number of carbonyl (C=O) groups is 1. The van der Waals surface area contributed by atoms with Crippen molar-refractivity contribution < 1.29 is 9.90 Å². The topological polar surface area (TPSA) is 66.6 Å². The molecular weight excluding hydrogens is 252 g/mol. The molecule has 0 aromatic heterocycles. The maximum atomic E-state index is 12.4. The fraction of sp³-hybridized carbons (Fsp3) is 0.438. The fourth-order valence-corrected chi connectivity index (χ4v) is 1.86. The van der Waals surface area contributed by atoms with E-state index in [1.165, 1.54) is 0 Å². The summed E-state index contributed by atoms with van der Waals surface area (Å²) >= 11 is 0. The highest BCUT2D eigenvalue weighted by molar-refractivity contribution is 5.94. The minimum atomic E-state index is -0.914. The molecular formula is C16H22N2O2. The molecule has 108 valence electrons. The predicted octanol–water partition coefficient (Wildman–Crippen LogP) is 1.23. The molecule has 0 saturated heterocycles. The van der Waals surface area contributed by atoms with Gasteiger partial charge in [0, 0.05) is 24.2 Å². The van der Waals surface area contributed by atoms with E-state index in [2.05, 4.69) is 11.8 Å². The van der Waals surface area contributed by atoms with E-state index in [1.54, 1.807) is 36.9 Å². The van der Waals surface area contributed by atoms with Gasteiger partial charge in [0.25, 0.3) is 5.91 Å². The number of benzene rings is 1. The van der Waals surface area contributed by atoms with Gasteiger partial charge in [0.2, 0.25) is 0 Å². The molecule has 3 N–H and O–H groups in total. The van der Waals surface area contributed by atoms with Crippen LogP contribution in [0.5, 0.6) is 0 Å². The number of aliphatic hydroxyl groups is 1. The van der Waals surface area contributed by atoms with Crippen molar-refractivity contribution in [2.24, 2.45) is 5.73 Å². The molecule has 0 heterocycles. The van der Waals surface area contributed by atoms with Gasteiger partial charge in [0.15, 0.2) is 0 Å². The SMILES string of the molecule is CCN(CC(C)(C)O)C(=O)c1cccc(C#CCN)c1. The molecule has 20 heavy (non-hydrogen) atoms. The molecule has 4 heteroatoms. The molecule has 0 atom stereocenters. The highest BCUT2D eigenvalue weighted by Crippen LogP contribution is 2.11. The van der Waals surface area contributed by atoms with Crippen LogP contribution < -0.4 is 5.73 Å². The Balaban J connectivity index is 2.95. The summed E-state index contributed by atoms with van der Waals surface area (Å²) in [5.41, 5.74) is 5.76. The van der Waals surface area contributed by atoms with Crippen molar-refractivity contribution in [1.82, 2.24) is 4.90 Å². The summed E-state index contributed by atoms with van der Waals surface area (Å²) in [5, 5.41) is 9.86. The van der Waals surface area contributed by atoms with Gasteiger partial charge in [-0.3, -0.25) is 4.79 Å². The van der Waals surface area contributed by atoms with Crippen molar-refractivity contribution in [3.63, 3.8) is 0 Å². The second-order valence-corrected chi connectivity index (χ2v) is 5.22. The Morgan fingerprint density at radius 3 is 2.70 bits per heavy atom. The van der Waals surface area contributed by atoms with E-state index < -0.39 is 5.60 Å². The summed E-state index contributed by atoms with van der Waals surface area (Å²) < 4.78 is 0. The Labute approximate surface area is 120 Å². The standard InChI is InChI=1S/C16H22N2O2/c1-4-18(12-16(2,3)20)15(19)14-9-5-7-13(11-14)8-6-10-17/h5,7,9,11,20H,4,10,12,17H2,1-3H3. The van der Waals surface area contributed by atoms with Crippen molar-refractivity contribution in [3.8, 4) is 11.8 Å². The maximum absolute atomic E-state index is 12.4. The molecule has 0 aliphatic rings. The zero-order valence-electron chi connectivity index (χ0n) is 12.3. The summed E-state index contributed by atoms with van der Waals surface area (Å²) in [6, 6.07) is 7.14. The van der Waals surface area contributed by atoms with Crippen LogP contribution in [0.25, 0.3) is 0 Å². The Hall–Kier alpha value is -1.83. The van der Waals surface area contributed by atoms with Crippen LogP contribution in [0, 0.1) is 11.8 Å². The number of nitrogens with two attached hydrogens (primary N) is 1. The summed E-state index contributed by atoms with van der Waals surface area (Å²) in [4.78, 5) is 14.0. The first-order chi connectivity index (χ1) is 9.37. The van der Waals surface area contributed by atoms with E-state index >= 15 is 0 Å². The quantitative estimate of drug-likeness (QED) is 0.812. The lowest BCUT2D eigenvalue weighted by Gasteiger charge is -2.28. The van der Waals surface area contributed by atoms with Gasteiger partial charge in [-0.05, 0) is 39.0 Å². The third-order valence-corrected chi connectivity index (χ3v) is 2.69. The lowest BCUT2D eigenvalue weighted by atomic mass is 10.1. The minimum Gasteiger partial charge on any atom is -0.389 e. The van der Waals surface area contributed by atoms with Crippen molar-refractivity contribution >= 4 is 5.91 Å². The normalized spacial score (nSPS) is 10.7. The molecule has 1 aromatic rings. The minimum absolute atomic E-state index is 0.106. The molecule has 1 aromatic carbocycles. The van der Waals surface area contributed by atoms with Gasteiger partial charge in [0.05, 0.1) is 12.1 Å². The van der Waals surface area contributed by atoms with Crippen LogP contribution in [-0.4, -0.2) is 41.1 Å². The molecule has 4 nitrogen and oxygen atoms in total. The van der Waals surface area contributed by atoms with Gasteiger partial charge in [0.1, 0.15) is 0 Å². The van der Waals surface area contributed by atoms with Crippen LogP contribution in [-0.2, 0) is 0 Å². The highest BCUT2D eigenvalue weighted by atomic mass is 16.3. The molecule has 0 aliphatic heterocycles. The first-order valence-electron chi connectivity index (χ1n) is 6.68. The summed E-state index contributed by atoms with van der Waals surface area (Å²) in [6.07, 6.45) is 0. The van der Waals surface area contributed by atoms with Gasteiger partial charge in [-0.15, -0.1) is 0 Å². The summed E-state index contributed by atoms with van der Waals surface area (Å²) in [7, 11) is 0. The Bertz CT molecular complexity index is 521. The third-order valence-electron chi connectivity index (χ3n) is 2.69. The highest BCUT2D eigenvalue weighted by Gasteiger charge is 2.22. The van der Waals surface area contributed by atoms with E-state index in [-0.39, 0.29) is 12.5 Å². The van der Waals surface area contributed by atoms with Gasteiger partial charge in [-0.1, -0.05) is 17.9 Å². The average Bonchev–Trinajstić information content (AvgIpc) is 2.41. The Morgan fingerprint density at radius 1 is 1.45 bits per heavy atom. The number of amides is 1. The van der Waals surface area contributed by atoms with E-state index in [1.807, 2.05) is 13.0 Å². The van der Waals surface area contributed by atoms with Crippen LogP contribution in [0.15, 0.2) is 24.3 Å². The van der Waals surface area contributed by atoms with E-state index in [9.17, 15) is 9.90 Å². The number of hydrogen-bond donors (Lipinski definition) is 2. The molecule has 0 radical (unpaired) electrons. The molecule has 1 rings (SSSR count). The number of likely N-dealkylation sites (N-methyl/N-ethyl adjacent to an activating group) is 1. The molecule has 0 fully saturated rings. The van der Waals surface area contributed by atoms with Crippen LogP contribution in [0.1, 0.15) is 36.7 Å². The van der Waals surface area contributed by atoms with Crippen molar-refractivity contribution in [2.75, 3.05) is 19.6 Å². The van der Waals surface area contributed by atoms with Crippen LogP contribution in [0.2, 0.25) is 0 Å².